The lowest BCUT2D eigenvalue weighted by atomic mass is 9.94. The van der Waals surface area contributed by atoms with Crippen LogP contribution in [0.15, 0.2) is 23.0 Å². The minimum absolute atomic E-state index is 0.0271. The summed E-state index contributed by atoms with van der Waals surface area (Å²) in [5.74, 6) is 2.45. The number of aromatic nitrogens is 4. The van der Waals surface area contributed by atoms with Crippen molar-refractivity contribution >= 4 is 5.91 Å². The van der Waals surface area contributed by atoms with Gasteiger partial charge in [-0.25, -0.2) is 0 Å². The molecule has 0 bridgehead atoms. The number of rotatable bonds is 4. The van der Waals surface area contributed by atoms with E-state index in [1.165, 1.54) is 44.7 Å². The Hall–Kier alpha value is -2.31. The second kappa shape index (κ2) is 8.59. The van der Waals surface area contributed by atoms with Crippen LogP contribution < -0.4 is 0 Å². The van der Waals surface area contributed by atoms with Gasteiger partial charge in [0.1, 0.15) is 0 Å². The van der Waals surface area contributed by atoms with E-state index in [4.69, 9.17) is 9.51 Å². The van der Waals surface area contributed by atoms with Gasteiger partial charge < -0.3 is 9.42 Å². The van der Waals surface area contributed by atoms with Gasteiger partial charge in [-0.3, -0.25) is 4.79 Å². The van der Waals surface area contributed by atoms with Crippen molar-refractivity contribution in [1.82, 2.24) is 25.2 Å². The van der Waals surface area contributed by atoms with Gasteiger partial charge in [-0.1, -0.05) is 30.8 Å². The molecule has 4 rings (SSSR count). The summed E-state index contributed by atoms with van der Waals surface area (Å²) >= 11 is 0. The molecule has 1 atom stereocenters. The van der Waals surface area contributed by atoms with Gasteiger partial charge in [-0.15, -0.1) is 0 Å². The Morgan fingerprint density at radius 1 is 1.11 bits per heavy atom. The molecule has 7 nitrogen and oxygen atoms in total. The predicted molar refractivity (Wildman–Crippen MR) is 99.1 cm³/mol. The molecule has 1 saturated heterocycles. The Kier molecular flexibility index (Phi) is 5.75. The number of hydrogen-bond acceptors (Lipinski definition) is 6. The quantitative estimate of drug-likeness (QED) is 0.768. The van der Waals surface area contributed by atoms with Crippen LogP contribution in [0, 0.1) is 5.92 Å². The van der Waals surface area contributed by atoms with Crippen LogP contribution in [0.1, 0.15) is 79.4 Å². The van der Waals surface area contributed by atoms with Gasteiger partial charge in [0, 0.05) is 25.4 Å². The molecule has 2 aromatic rings. The lowest BCUT2D eigenvalue weighted by Gasteiger charge is -2.32. The zero-order valence-electron chi connectivity index (χ0n) is 15.7. The first-order valence-electron chi connectivity index (χ1n) is 10.2. The number of amides is 1. The van der Waals surface area contributed by atoms with Crippen LogP contribution in [0.4, 0.5) is 0 Å². The smallest absolute Gasteiger partial charge is 0.255 e. The molecule has 1 aliphatic heterocycles. The Balaban J connectivity index is 1.36. The van der Waals surface area contributed by atoms with Crippen LogP contribution in [0.25, 0.3) is 0 Å². The van der Waals surface area contributed by atoms with Gasteiger partial charge in [0.15, 0.2) is 5.82 Å². The molecule has 7 heteroatoms. The third-order valence-corrected chi connectivity index (χ3v) is 5.80. The molecular formula is C20H27N5O2. The zero-order chi connectivity index (χ0) is 18.5. The topological polar surface area (TPSA) is 85.0 Å². The fourth-order valence-electron chi connectivity index (χ4n) is 4.32. The molecule has 27 heavy (non-hydrogen) atoms. The first-order chi connectivity index (χ1) is 13.3. The normalized spacial score (nSPS) is 21.8. The van der Waals surface area contributed by atoms with E-state index >= 15 is 0 Å². The summed E-state index contributed by atoms with van der Waals surface area (Å²) in [7, 11) is 0. The standard InChI is InChI=1S/C20H27N5O2/c26-20(17-9-10-21-22-13-17)25-11-5-6-15(14-25)12-18-23-19(24-27-18)16-7-3-1-2-4-8-16/h9-10,13,15-16H,1-8,11-12,14H2. The molecule has 3 heterocycles. The van der Waals surface area contributed by atoms with Crippen molar-refractivity contribution in [1.29, 1.82) is 0 Å². The molecule has 0 aromatic carbocycles. The summed E-state index contributed by atoms with van der Waals surface area (Å²) < 4.78 is 5.56. The Labute approximate surface area is 159 Å². The van der Waals surface area contributed by atoms with Crippen LogP contribution in [-0.4, -0.2) is 44.2 Å². The van der Waals surface area contributed by atoms with Crippen molar-refractivity contribution in [3.05, 3.63) is 35.7 Å². The van der Waals surface area contributed by atoms with Crippen molar-refractivity contribution in [3.63, 3.8) is 0 Å². The number of hydrogen-bond donors (Lipinski definition) is 0. The number of nitrogens with zero attached hydrogens (tertiary/aromatic N) is 5. The fraction of sp³-hybridized carbons (Fsp3) is 0.650. The monoisotopic (exact) mass is 369 g/mol. The van der Waals surface area contributed by atoms with Crippen molar-refractivity contribution in [3.8, 4) is 0 Å². The van der Waals surface area contributed by atoms with E-state index in [1.807, 2.05) is 4.90 Å². The van der Waals surface area contributed by atoms with Crippen molar-refractivity contribution in [2.75, 3.05) is 13.1 Å². The minimum Gasteiger partial charge on any atom is -0.339 e. The van der Waals surface area contributed by atoms with Crippen LogP contribution >= 0.6 is 0 Å². The van der Waals surface area contributed by atoms with Crippen LogP contribution in [0.2, 0.25) is 0 Å². The van der Waals surface area contributed by atoms with Gasteiger partial charge in [-0.05, 0) is 37.7 Å². The van der Waals surface area contributed by atoms with Gasteiger partial charge in [0.05, 0.1) is 18.0 Å². The van der Waals surface area contributed by atoms with Gasteiger partial charge in [0.25, 0.3) is 5.91 Å². The molecule has 0 N–H and O–H groups in total. The average Bonchev–Trinajstić information content (AvgIpc) is 3.00. The first kappa shape index (κ1) is 18.1. The highest BCUT2D eigenvalue weighted by atomic mass is 16.5. The number of carbonyl (C=O) groups excluding carboxylic acids is 1. The van der Waals surface area contributed by atoms with Crippen LogP contribution in [0.5, 0.6) is 0 Å². The summed E-state index contributed by atoms with van der Waals surface area (Å²) in [4.78, 5) is 19.3. The van der Waals surface area contributed by atoms with Crippen molar-refractivity contribution < 1.29 is 9.32 Å². The minimum atomic E-state index is 0.0271. The largest absolute Gasteiger partial charge is 0.339 e. The SMILES string of the molecule is O=C(c1ccnnc1)N1CCCC(Cc2nc(C3CCCCCC3)no2)C1. The maximum atomic E-state index is 12.6. The average molecular weight is 369 g/mol. The zero-order valence-corrected chi connectivity index (χ0v) is 15.7. The Morgan fingerprint density at radius 2 is 1.96 bits per heavy atom. The molecule has 2 aromatic heterocycles. The van der Waals surface area contributed by atoms with Crippen molar-refractivity contribution in [2.24, 2.45) is 5.92 Å². The van der Waals surface area contributed by atoms with E-state index in [-0.39, 0.29) is 5.91 Å². The van der Waals surface area contributed by atoms with Gasteiger partial charge in [-0.2, -0.15) is 15.2 Å². The van der Waals surface area contributed by atoms with Gasteiger partial charge >= 0.3 is 0 Å². The van der Waals surface area contributed by atoms with E-state index in [0.29, 0.717) is 17.4 Å². The van der Waals surface area contributed by atoms with E-state index in [1.54, 1.807) is 12.3 Å². The first-order valence-corrected chi connectivity index (χ1v) is 10.2. The summed E-state index contributed by atoms with van der Waals surface area (Å²) in [6.45, 7) is 1.51. The van der Waals surface area contributed by atoms with E-state index in [0.717, 1.165) is 44.1 Å². The third kappa shape index (κ3) is 4.51. The fourth-order valence-corrected chi connectivity index (χ4v) is 4.32. The lowest BCUT2D eigenvalue weighted by Crippen LogP contribution is -2.40. The summed E-state index contributed by atoms with van der Waals surface area (Å²) in [5, 5.41) is 11.8. The third-order valence-electron chi connectivity index (χ3n) is 5.80. The van der Waals surface area contributed by atoms with Crippen LogP contribution in [0.3, 0.4) is 0 Å². The highest BCUT2D eigenvalue weighted by molar-refractivity contribution is 5.93. The molecule has 144 valence electrons. The Morgan fingerprint density at radius 3 is 2.74 bits per heavy atom. The van der Waals surface area contributed by atoms with E-state index < -0.39 is 0 Å². The summed E-state index contributed by atoms with van der Waals surface area (Å²) in [6.07, 6.45) is 13.4. The molecule has 2 fully saturated rings. The number of piperidine rings is 1. The maximum Gasteiger partial charge on any atom is 0.255 e. The molecular weight excluding hydrogens is 342 g/mol. The molecule has 0 radical (unpaired) electrons. The highest BCUT2D eigenvalue weighted by Gasteiger charge is 2.27. The number of carbonyl (C=O) groups is 1. The summed E-state index contributed by atoms with van der Waals surface area (Å²) in [5.41, 5.74) is 0.596. The van der Waals surface area contributed by atoms with E-state index in [2.05, 4.69) is 15.4 Å². The predicted octanol–water partition coefficient (Wildman–Crippen LogP) is 3.39. The lowest BCUT2D eigenvalue weighted by molar-refractivity contribution is 0.0667. The molecule has 1 saturated carbocycles. The second-order valence-electron chi connectivity index (χ2n) is 7.83. The molecule has 2 aliphatic rings. The highest BCUT2D eigenvalue weighted by Crippen LogP contribution is 2.30. The summed E-state index contributed by atoms with van der Waals surface area (Å²) in [6, 6.07) is 1.72. The molecule has 1 amide bonds. The second-order valence-corrected chi connectivity index (χ2v) is 7.83. The van der Waals surface area contributed by atoms with Gasteiger partial charge in [0.2, 0.25) is 5.89 Å². The van der Waals surface area contributed by atoms with Crippen LogP contribution in [-0.2, 0) is 6.42 Å². The Bertz CT molecular complexity index is 740. The number of likely N-dealkylation sites (tertiary alicyclic amines) is 1. The van der Waals surface area contributed by atoms with E-state index in [9.17, 15) is 4.79 Å². The maximum absolute atomic E-state index is 12.6. The van der Waals surface area contributed by atoms with Crippen molar-refractivity contribution in [2.45, 2.75) is 63.7 Å². The molecule has 1 unspecified atom stereocenters. The molecule has 1 aliphatic carbocycles. The molecule has 0 spiro atoms.